The Morgan fingerprint density at radius 3 is 2.51 bits per heavy atom. The van der Waals surface area contributed by atoms with Crippen molar-refractivity contribution in [3.8, 4) is 0 Å². The van der Waals surface area contributed by atoms with Crippen molar-refractivity contribution in [1.82, 2.24) is 9.80 Å². The average Bonchev–Trinajstić information content (AvgIpc) is 3.04. The second-order valence-corrected chi connectivity index (χ2v) is 8.54. The lowest BCUT2D eigenvalue weighted by molar-refractivity contribution is -0.144. The van der Waals surface area contributed by atoms with Crippen LogP contribution < -0.4 is 5.84 Å². The van der Waals surface area contributed by atoms with Crippen molar-refractivity contribution >= 4 is 34.9 Å². The van der Waals surface area contributed by atoms with Gasteiger partial charge < -0.3 is 15.5 Å². The number of fused-ring (bicyclic) bond motifs is 1. The summed E-state index contributed by atoms with van der Waals surface area (Å²) >= 11 is 0. The molecule has 0 spiro atoms. The van der Waals surface area contributed by atoms with E-state index in [1.807, 2.05) is 66.7 Å². The molecule has 4 rings (SSSR count). The van der Waals surface area contributed by atoms with E-state index in [-0.39, 0.29) is 32.0 Å². The highest BCUT2D eigenvalue weighted by Crippen LogP contribution is 2.38. The third kappa shape index (κ3) is 4.59. The van der Waals surface area contributed by atoms with E-state index in [9.17, 15) is 14.4 Å². The molecule has 0 aliphatic carbocycles. The molecule has 3 amide bonds. The Labute approximate surface area is 204 Å². The van der Waals surface area contributed by atoms with Crippen molar-refractivity contribution in [2.75, 3.05) is 13.2 Å². The number of rotatable bonds is 8. The number of imide groups is 1. The summed E-state index contributed by atoms with van der Waals surface area (Å²) < 4.78 is 5.04. The number of amides is 3. The van der Waals surface area contributed by atoms with Gasteiger partial charge in [0.1, 0.15) is 5.54 Å². The minimum absolute atomic E-state index is 0.00453. The molecule has 1 unspecified atom stereocenters. The molecule has 8 nitrogen and oxygen atoms in total. The number of hydrazone groups is 1. The number of nitrogens with zero attached hydrogens (tertiary/aromatic N) is 3. The zero-order valence-electron chi connectivity index (χ0n) is 19.8. The smallest absolute Gasteiger partial charge is 0.328 e. The number of hydrogen-bond acceptors (Lipinski definition) is 6. The Kier molecular flexibility index (Phi) is 6.82. The summed E-state index contributed by atoms with van der Waals surface area (Å²) in [6, 6.07) is 20.4. The molecule has 3 aromatic carbocycles. The van der Waals surface area contributed by atoms with Crippen LogP contribution in [0, 0.1) is 0 Å². The topological polar surface area (TPSA) is 105 Å². The van der Waals surface area contributed by atoms with Crippen LogP contribution in [-0.4, -0.2) is 47.1 Å². The first-order valence-electron chi connectivity index (χ1n) is 11.5. The van der Waals surface area contributed by atoms with Crippen LogP contribution in [0.2, 0.25) is 0 Å². The summed E-state index contributed by atoms with van der Waals surface area (Å²) in [7, 11) is 0. The highest BCUT2D eigenvalue weighted by Gasteiger charge is 2.55. The molecule has 1 aliphatic rings. The maximum atomic E-state index is 13.7. The highest BCUT2D eigenvalue weighted by atomic mass is 16.5. The molecule has 8 heteroatoms. The fourth-order valence-electron chi connectivity index (χ4n) is 4.50. The van der Waals surface area contributed by atoms with E-state index in [0.717, 1.165) is 21.9 Å². The van der Waals surface area contributed by atoms with Gasteiger partial charge in [0.25, 0.3) is 5.91 Å². The number of nitrogens with two attached hydrogens (primary N) is 1. The van der Waals surface area contributed by atoms with E-state index < -0.39 is 17.5 Å². The minimum Gasteiger partial charge on any atom is -0.466 e. The minimum atomic E-state index is -1.23. The third-order valence-electron chi connectivity index (χ3n) is 6.34. The Bertz CT molecular complexity index is 1290. The van der Waals surface area contributed by atoms with Gasteiger partial charge >= 0.3 is 12.0 Å². The van der Waals surface area contributed by atoms with Gasteiger partial charge in [-0.05, 0) is 53.4 Å². The van der Waals surface area contributed by atoms with E-state index >= 15 is 0 Å². The molecule has 35 heavy (non-hydrogen) atoms. The number of benzene rings is 3. The van der Waals surface area contributed by atoms with E-state index in [0.29, 0.717) is 5.56 Å². The molecule has 2 N–H and O–H groups in total. The predicted molar refractivity (Wildman–Crippen MR) is 133 cm³/mol. The van der Waals surface area contributed by atoms with Crippen molar-refractivity contribution in [2.24, 2.45) is 10.9 Å². The zero-order chi connectivity index (χ0) is 25.0. The quantitative estimate of drug-likeness (QED) is 0.177. The van der Waals surface area contributed by atoms with Gasteiger partial charge in [0.2, 0.25) is 0 Å². The molecule has 0 bridgehead atoms. The number of carbonyl (C=O) groups is 3. The fourth-order valence-corrected chi connectivity index (χ4v) is 4.50. The molecule has 1 aliphatic heterocycles. The first kappa shape index (κ1) is 23.9. The van der Waals surface area contributed by atoms with Gasteiger partial charge in [0, 0.05) is 6.54 Å². The second-order valence-electron chi connectivity index (χ2n) is 8.54. The Morgan fingerprint density at radius 2 is 1.80 bits per heavy atom. The molecule has 0 radical (unpaired) electrons. The Balaban J connectivity index is 1.66. The molecule has 3 aromatic rings. The van der Waals surface area contributed by atoms with Gasteiger partial charge in [0.05, 0.1) is 25.8 Å². The van der Waals surface area contributed by atoms with Gasteiger partial charge in [-0.3, -0.25) is 14.5 Å². The molecule has 1 saturated heterocycles. The van der Waals surface area contributed by atoms with Crippen LogP contribution >= 0.6 is 0 Å². The number of hydrogen-bond donors (Lipinski definition) is 1. The number of ether oxygens (including phenoxy) is 1. The molecule has 180 valence electrons. The van der Waals surface area contributed by atoms with Gasteiger partial charge in [-0.25, -0.2) is 4.79 Å². The van der Waals surface area contributed by atoms with Crippen molar-refractivity contribution in [2.45, 2.75) is 32.4 Å². The van der Waals surface area contributed by atoms with Gasteiger partial charge in [0.15, 0.2) is 0 Å². The summed E-state index contributed by atoms with van der Waals surface area (Å²) in [5, 5.41) is 5.54. The molecule has 1 heterocycles. The van der Waals surface area contributed by atoms with Gasteiger partial charge in [-0.15, -0.1) is 0 Å². The Morgan fingerprint density at radius 1 is 1.06 bits per heavy atom. The molecular weight excluding hydrogens is 444 g/mol. The lowest BCUT2D eigenvalue weighted by Crippen LogP contribution is -2.45. The maximum absolute atomic E-state index is 13.7. The SMILES string of the molecule is CCOC(=O)CCN1C(=O)N(Cc2ccc3ccc(C=NN)cc3c2)C(=O)C1(C)c1ccccc1. The van der Waals surface area contributed by atoms with Crippen molar-refractivity contribution in [3.05, 3.63) is 83.4 Å². The fraction of sp³-hybridized carbons (Fsp3) is 0.259. The summed E-state index contributed by atoms with van der Waals surface area (Å²) in [4.78, 5) is 42.0. The lowest BCUT2D eigenvalue weighted by Gasteiger charge is -2.32. The molecule has 0 saturated carbocycles. The first-order chi connectivity index (χ1) is 16.9. The summed E-state index contributed by atoms with van der Waals surface area (Å²) in [5.41, 5.74) is 1.12. The van der Waals surface area contributed by atoms with Gasteiger partial charge in [-0.2, -0.15) is 5.10 Å². The number of carbonyl (C=O) groups excluding carboxylic acids is 3. The lowest BCUT2D eigenvalue weighted by atomic mass is 9.90. The van der Waals surface area contributed by atoms with Crippen LogP contribution in [0.5, 0.6) is 0 Å². The van der Waals surface area contributed by atoms with Crippen molar-refractivity contribution < 1.29 is 19.1 Å². The van der Waals surface area contributed by atoms with Crippen LogP contribution in [0.4, 0.5) is 4.79 Å². The zero-order valence-corrected chi connectivity index (χ0v) is 19.8. The Hall–Kier alpha value is -4.20. The van der Waals surface area contributed by atoms with E-state index in [4.69, 9.17) is 10.6 Å². The number of esters is 1. The summed E-state index contributed by atoms with van der Waals surface area (Å²) in [6.07, 6.45) is 1.57. The molecule has 1 fully saturated rings. The first-order valence-corrected chi connectivity index (χ1v) is 11.5. The van der Waals surface area contributed by atoms with Gasteiger partial charge in [-0.1, -0.05) is 54.6 Å². The van der Waals surface area contributed by atoms with E-state index in [1.54, 1.807) is 20.1 Å². The largest absolute Gasteiger partial charge is 0.466 e. The maximum Gasteiger partial charge on any atom is 0.328 e. The van der Waals surface area contributed by atoms with Crippen LogP contribution in [0.15, 0.2) is 71.8 Å². The third-order valence-corrected chi connectivity index (χ3v) is 6.34. The predicted octanol–water partition coefficient (Wildman–Crippen LogP) is 3.77. The molecular formula is C27H28N4O4. The highest BCUT2D eigenvalue weighted by molar-refractivity contribution is 6.07. The molecule has 0 aromatic heterocycles. The van der Waals surface area contributed by atoms with Crippen LogP contribution in [0.25, 0.3) is 10.8 Å². The van der Waals surface area contributed by atoms with E-state index in [1.165, 1.54) is 9.80 Å². The van der Waals surface area contributed by atoms with Crippen LogP contribution in [-0.2, 0) is 26.4 Å². The number of urea groups is 1. The van der Waals surface area contributed by atoms with Crippen molar-refractivity contribution in [3.63, 3.8) is 0 Å². The average molecular weight is 473 g/mol. The summed E-state index contributed by atoms with van der Waals surface area (Å²) in [5.74, 6) is 4.53. The second kappa shape index (κ2) is 9.97. The molecule has 1 atom stereocenters. The standard InChI is InChI=1S/C27H28N4O4/c1-3-35-24(32)13-14-31-26(34)30(25(33)27(31,2)23-7-5-4-6-8-23)18-20-10-12-21-11-9-19(17-29-28)15-22(21)16-20/h4-12,15-17H,3,13-14,18,28H2,1-2H3. The monoisotopic (exact) mass is 472 g/mol. The van der Waals surface area contributed by atoms with Crippen LogP contribution in [0.3, 0.4) is 0 Å². The van der Waals surface area contributed by atoms with Crippen LogP contribution in [0.1, 0.15) is 37.0 Å². The summed E-state index contributed by atoms with van der Waals surface area (Å²) in [6.45, 7) is 3.90. The normalized spacial score (nSPS) is 18.1. The van der Waals surface area contributed by atoms with E-state index in [2.05, 4.69) is 5.10 Å². The van der Waals surface area contributed by atoms with Crippen molar-refractivity contribution in [1.29, 1.82) is 0 Å².